The van der Waals surface area contributed by atoms with E-state index in [-0.39, 0.29) is 46.8 Å². The predicted molar refractivity (Wildman–Crippen MR) is 163 cm³/mol. The van der Waals surface area contributed by atoms with Gasteiger partial charge in [0.1, 0.15) is 29.4 Å². The lowest BCUT2D eigenvalue weighted by atomic mass is 9.90. The number of nitrogens with one attached hydrogen (secondary N) is 1. The fourth-order valence-electron chi connectivity index (χ4n) is 4.75. The maximum absolute atomic E-state index is 12.8. The van der Waals surface area contributed by atoms with Gasteiger partial charge in [0.2, 0.25) is 0 Å². The van der Waals surface area contributed by atoms with Crippen molar-refractivity contribution in [3.63, 3.8) is 0 Å². The van der Waals surface area contributed by atoms with Gasteiger partial charge in [0.15, 0.2) is 5.43 Å². The molecule has 9 nitrogen and oxygen atoms in total. The lowest BCUT2D eigenvalue weighted by molar-refractivity contribution is 0.0697. The zero-order chi connectivity index (χ0) is 30.3. The number of aromatic carboxylic acids is 1. The SMILES string of the molecule is O=C(NCCOCCOc1ccc(CCCl)cc1)c1ccc(-c2c3ccc(=O)cc-3oc3cc(O)ccc23)c(C(=O)O)c1. The molecule has 0 fully saturated rings. The molecular weight excluding hydrogens is 574 g/mol. The average Bonchev–Trinajstić information content (AvgIpc) is 2.99. The van der Waals surface area contributed by atoms with Gasteiger partial charge in [-0.1, -0.05) is 18.2 Å². The monoisotopic (exact) mass is 601 g/mol. The first-order valence-corrected chi connectivity index (χ1v) is 14.1. The van der Waals surface area contributed by atoms with E-state index in [1.165, 1.54) is 36.4 Å². The van der Waals surface area contributed by atoms with Crippen molar-refractivity contribution in [3.8, 4) is 33.9 Å². The number of carboxylic acid groups (broad SMARTS) is 1. The van der Waals surface area contributed by atoms with Crippen LogP contribution in [-0.2, 0) is 11.2 Å². The van der Waals surface area contributed by atoms with E-state index in [9.17, 15) is 24.6 Å². The molecule has 3 aromatic carbocycles. The number of ether oxygens (including phenoxy) is 2. The summed E-state index contributed by atoms with van der Waals surface area (Å²) in [6, 6.07) is 20.8. The maximum atomic E-state index is 12.8. The Morgan fingerprint density at radius 1 is 0.884 bits per heavy atom. The molecule has 1 amide bonds. The zero-order valence-corrected chi connectivity index (χ0v) is 23.7. The quantitative estimate of drug-likeness (QED) is 0.0959. The van der Waals surface area contributed by atoms with Crippen LogP contribution in [0.3, 0.4) is 0 Å². The number of fused-ring (bicyclic) bond motifs is 2. The van der Waals surface area contributed by atoms with E-state index in [1.807, 2.05) is 24.3 Å². The molecule has 1 aliphatic heterocycles. The lowest BCUT2D eigenvalue weighted by Gasteiger charge is -2.17. The number of hydrogen-bond acceptors (Lipinski definition) is 7. The van der Waals surface area contributed by atoms with Gasteiger partial charge in [-0.3, -0.25) is 9.59 Å². The highest BCUT2D eigenvalue weighted by atomic mass is 35.5. The predicted octanol–water partition coefficient (Wildman–Crippen LogP) is 5.58. The molecule has 43 heavy (non-hydrogen) atoms. The number of aryl methyl sites for hydroxylation is 1. The summed E-state index contributed by atoms with van der Waals surface area (Å²) in [6.45, 7) is 1.13. The standard InChI is InChI=1S/C33H28ClNO8/c34-12-11-20-1-6-24(7-2-20)42-16-15-41-14-13-35-32(38)21-3-8-25(28(17-21)33(39)40)31-26-9-4-22(36)18-29(26)43-30-19-23(37)5-10-27(30)31/h1-10,17-19,36H,11-16H2,(H,35,38)(H,39,40). The van der Waals surface area contributed by atoms with Crippen molar-refractivity contribution in [2.75, 3.05) is 32.2 Å². The van der Waals surface area contributed by atoms with Crippen molar-refractivity contribution >= 4 is 34.4 Å². The molecule has 0 radical (unpaired) electrons. The minimum absolute atomic E-state index is 0.0463. The van der Waals surface area contributed by atoms with Gasteiger partial charge >= 0.3 is 5.97 Å². The van der Waals surface area contributed by atoms with Crippen LogP contribution in [0.1, 0.15) is 26.3 Å². The first-order valence-electron chi connectivity index (χ1n) is 13.5. The minimum Gasteiger partial charge on any atom is -0.508 e. The molecule has 0 bridgehead atoms. The van der Waals surface area contributed by atoms with E-state index in [4.69, 9.17) is 25.5 Å². The summed E-state index contributed by atoms with van der Waals surface area (Å²) in [6.07, 6.45) is 0.798. The van der Waals surface area contributed by atoms with E-state index >= 15 is 0 Å². The fourth-order valence-corrected chi connectivity index (χ4v) is 4.97. The van der Waals surface area contributed by atoms with Crippen LogP contribution in [0.4, 0.5) is 0 Å². The second-order valence-corrected chi connectivity index (χ2v) is 10.1. The molecule has 5 rings (SSSR count). The van der Waals surface area contributed by atoms with Crippen molar-refractivity contribution in [1.29, 1.82) is 0 Å². The number of phenols is 1. The van der Waals surface area contributed by atoms with Gasteiger partial charge in [-0.05, 0) is 66.1 Å². The van der Waals surface area contributed by atoms with Crippen LogP contribution in [0.5, 0.6) is 11.5 Å². The number of rotatable bonds is 12. The van der Waals surface area contributed by atoms with Crippen molar-refractivity contribution in [3.05, 3.63) is 106 Å². The first kappa shape index (κ1) is 29.6. The van der Waals surface area contributed by atoms with Gasteiger partial charge in [0, 0.05) is 46.6 Å². The molecule has 2 aliphatic rings. The number of aromatic hydroxyl groups is 1. The Morgan fingerprint density at radius 3 is 2.44 bits per heavy atom. The molecule has 3 aromatic rings. The number of alkyl halides is 1. The van der Waals surface area contributed by atoms with Crippen molar-refractivity contribution in [2.24, 2.45) is 0 Å². The molecule has 3 N–H and O–H groups in total. The summed E-state index contributed by atoms with van der Waals surface area (Å²) in [5.41, 5.74) is 2.53. The number of carbonyl (C=O) groups is 2. The third kappa shape index (κ3) is 6.97. The fraction of sp³-hybridized carbons (Fsp3) is 0.182. The minimum atomic E-state index is -1.23. The van der Waals surface area contributed by atoms with E-state index in [0.717, 1.165) is 17.7 Å². The van der Waals surface area contributed by atoms with Gasteiger partial charge in [0.25, 0.3) is 5.91 Å². The molecule has 1 heterocycles. The number of carbonyl (C=O) groups excluding carboxylic acids is 1. The molecule has 1 aliphatic carbocycles. The van der Waals surface area contributed by atoms with E-state index in [0.29, 0.717) is 41.2 Å². The highest BCUT2D eigenvalue weighted by Crippen LogP contribution is 2.42. The Kier molecular flexibility index (Phi) is 9.24. The summed E-state index contributed by atoms with van der Waals surface area (Å²) < 4.78 is 17.0. The van der Waals surface area contributed by atoms with Crippen LogP contribution < -0.4 is 15.5 Å². The van der Waals surface area contributed by atoms with Gasteiger partial charge in [-0.15, -0.1) is 11.6 Å². The van der Waals surface area contributed by atoms with Crippen LogP contribution in [0, 0.1) is 0 Å². The summed E-state index contributed by atoms with van der Waals surface area (Å²) in [5.74, 6) is -0.202. The Hall–Kier alpha value is -4.86. The van der Waals surface area contributed by atoms with Gasteiger partial charge in [-0.25, -0.2) is 4.79 Å². The molecule has 0 atom stereocenters. The Bertz CT molecular complexity index is 1800. The Morgan fingerprint density at radius 2 is 1.67 bits per heavy atom. The van der Waals surface area contributed by atoms with E-state index in [2.05, 4.69) is 5.32 Å². The number of amides is 1. The van der Waals surface area contributed by atoms with Gasteiger partial charge < -0.3 is 29.4 Å². The molecule has 0 aromatic heterocycles. The molecule has 0 unspecified atom stereocenters. The normalized spacial score (nSPS) is 11.1. The molecule has 10 heteroatoms. The van der Waals surface area contributed by atoms with Crippen LogP contribution in [0.2, 0.25) is 0 Å². The summed E-state index contributed by atoms with van der Waals surface area (Å²) in [4.78, 5) is 37.2. The zero-order valence-electron chi connectivity index (χ0n) is 23.0. The Labute approximate surface area is 251 Å². The Balaban J connectivity index is 1.26. The molecular formula is C33H28ClNO8. The second kappa shape index (κ2) is 13.4. The number of benzene rings is 4. The number of hydrogen-bond donors (Lipinski definition) is 3. The number of carboxylic acids is 1. The van der Waals surface area contributed by atoms with Gasteiger partial charge in [-0.2, -0.15) is 0 Å². The summed E-state index contributed by atoms with van der Waals surface area (Å²) in [7, 11) is 0. The topological polar surface area (TPSA) is 135 Å². The average molecular weight is 602 g/mol. The molecule has 0 spiro atoms. The first-order chi connectivity index (χ1) is 20.8. The second-order valence-electron chi connectivity index (χ2n) is 9.68. The molecule has 220 valence electrons. The molecule has 0 saturated heterocycles. The van der Waals surface area contributed by atoms with E-state index in [1.54, 1.807) is 18.2 Å². The van der Waals surface area contributed by atoms with Crippen LogP contribution in [-0.4, -0.2) is 54.3 Å². The van der Waals surface area contributed by atoms with Crippen molar-refractivity contribution < 1.29 is 33.7 Å². The number of halogens is 1. The number of phenolic OH excluding ortho intramolecular Hbond substituents is 1. The van der Waals surface area contributed by atoms with E-state index < -0.39 is 11.9 Å². The third-order valence-electron chi connectivity index (χ3n) is 6.79. The highest BCUT2D eigenvalue weighted by Gasteiger charge is 2.23. The van der Waals surface area contributed by atoms with Gasteiger partial charge in [0.05, 0.1) is 18.8 Å². The van der Waals surface area contributed by atoms with Crippen molar-refractivity contribution in [2.45, 2.75) is 6.42 Å². The van der Waals surface area contributed by atoms with Crippen LogP contribution >= 0.6 is 11.6 Å². The highest BCUT2D eigenvalue weighted by molar-refractivity contribution is 6.18. The van der Waals surface area contributed by atoms with Crippen molar-refractivity contribution in [1.82, 2.24) is 5.32 Å². The van der Waals surface area contributed by atoms with Crippen LogP contribution in [0.15, 0.2) is 88.1 Å². The lowest BCUT2D eigenvalue weighted by Crippen LogP contribution is -2.28. The maximum Gasteiger partial charge on any atom is 0.336 e. The summed E-state index contributed by atoms with van der Waals surface area (Å²) in [5, 5.41) is 23.4. The summed E-state index contributed by atoms with van der Waals surface area (Å²) >= 11 is 5.75. The smallest absolute Gasteiger partial charge is 0.336 e. The molecule has 0 saturated carbocycles. The largest absolute Gasteiger partial charge is 0.508 e. The third-order valence-corrected chi connectivity index (χ3v) is 6.98. The van der Waals surface area contributed by atoms with Crippen LogP contribution in [0.25, 0.3) is 33.4 Å².